The van der Waals surface area contributed by atoms with E-state index in [0.717, 1.165) is 37.8 Å². The summed E-state index contributed by atoms with van der Waals surface area (Å²) in [7, 11) is 0. The quantitative estimate of drug-likeness (QED) is 0.789. The molecule has 0 spiro atoms. The molecule has 2 atom stereocenters. The number of carbonyl (C=O) groups is 1. The van der Waals surface area contributed by atoms with Crippen LogP contribution < -0.4 is 5.32 Å². The summed E-state index contributed by atoms with van der Waals surface area (Å²) < 4.78 is 0. The molecule has 0 unspecified atom stereocenters. The van der Waals surface area contributed by atoms with Gasteiger partial charge in [0.05, 0.1) is 0 Å². The van der Waals surface area contributed by atoms with Crippen molar-refractivity contribution in [3.05, 3.63) is 47.0 Å². The molecule has 3 nitrogen and oxygen atoms in total. The molecular formula is C20H30N2O. The van der Waals surface area contributed by atoms with E-state index in [0.29, 0.717) is 6.04 Å². The molecule has 0 saturated carbocycles. The first-order valence-corrected chi connectivity index (χ1v) is 8.83. The Bertz CT molecular complexity index is 550. The lowest BCUT2D eigenvalue weighted by molar-refractivity contribution is -0.127. The van der Waals surface area contributed by atoms with Gasteiger partial charge in [0, 0.05) is 18.2 Å². The Labute approximate surface area is 140 Å². The van der Waals surface area contributed by atoms with E-state index in [4.69, 9.17) is 0 Å². The third-order valence-electron chi connectivity index (χ3n) is 4.80. The number of unbranched alkanes of at least 4 members (excludes halogenated alkanes) is 1. The Morgan fingerprint density at radius 2 is 1.91 bits per heavy atom. The number of aryl methyl sites for hydroxylation is 1. The molecule has 0 aliphatic carbocycles. The topological polar surface area (TPSA) is 32.3 Å². The van der Waals surface area contributed by atoms with Gasteiger partial charge in [-0.3, -0.25) is 10.1 Å². The molecule has 0 aromatic heterocycles. The molecule has 1 N–H and O–H groups in total. The Balaban J connectivity index is 1.94. The molecule has 23 heavy (non-hydrogen) atoms. The number of carbonyl (C=O) groups excluding carboxylic acids is 1. The zero-order chi connectivity index (χ0) is 16.8. The minimum Gasteiger partial charge on any atom is -0.319 e. The maximum atomic E-state index is 12.4. The second-order valence-corrected chi connectivity index (χ2v) is 6.65. The number of hydrogen-bond acceptors (Lipinski definition) is 2. The number of hydrogen-bond donors (Lipinski definition) is 1. The summed E-state index contributed by atoms with van der Waals surface area (Å²) in [5, 5.41) is 3.67. The summed E-state index contributed by atoms with van der Waals surface area (Å²) in [5.41, 5.74) is 3.46. The van der Waals surface area contributed by atoms with Crippen molar-refractivity contribution in [3.63, 3.8) is 0 Å². The van der Waals surface area contributed by atoms with Crippen molar-refractivity contribution in [3.8, 4) is 0 Å². The molecule has 0 radical (unpaired) electrons. The van der Waals surface area contributed by atoms with Gasteiger partial charge in [-0.15, -0.1) is 0 Å². The molecule has 1 aromatic rings. The third kappa shape index (κ3) is 4.44. The Morgan fingerprint density at radius 1 is 1.22 bits per heavy atom. The van der Waals surface area contributed by atoms with Crippen molar-refractivity contribution in [2.75, 3.05) is 6.54 Å². The summed E-state index contributed by atoms with van der Waals surface area (Å²) in [6.45, 7) is 9.26. The standard InChI is InChI=1S/C20H30N2O/c1-5-6-14-22-19(16(3)17(4)20(22)23)21-15(2)12-13-18-10-8-7-9-11-18/h7-11,15,19,21H,5-6,12-14H2,1-4H3/t15-,19+/m0/s1. The van der Waals surface area contributed by atoms with Gasteiger partial charge < -0.3 is 4.90 Å². The van der Waals surface area contributed by atoms with Crippen LogP contribution in [0.4, 0.5) is 0 Å². The summed E-state index contributed by atoms with van der Waals surface area (Å²) in [6, 6.07) is 11.0. The monoisotopic (exact) mass is 314 g/mol. The highest BCUT2D eigenvalue weighted by Crippen LogP contribution is 2.25. The van der Waals surface area contributed by atoms with Gasteiger partial charge in [-0.2, -0.15) is 0 Å². The molecule has 1 heterocycles. The number of rotatable bonds is 8. The van der Waals surface area contributed by atoms with E-state index < -0.39 is 0 Å². The molecule has 1 aliphatic rings. The van der Waals surface area contributed by atoms with Crippen LogP contribution in [0.1, 0.15) is 52.5 Å². The van der Waals surface area contributed by atoms with Crippen molar-refractivity contribution in [1.82, 2.24) is 10.2 Å². The van der Waals surface area contributed by atoms with Crippen molar-refractivity contribution in [1.29, 1.82) is 0 Å². The van der Waals surface area contributed by atoms with E-state index in [9.17, 15) is 4.79 Å². The predicted octanol–water partition coefficient (Wildman–Crippen LogP) is 3.90. The van der Waals surface area contributed by atoms with E-state index in [1.807, 2.05) is 11.8 Å². The fraction of sp³-hybridized carbons (Fsp3) is 0.550. The van der Waals surface area contributed by atoms with Crippen LogP contribution in [-0.2, 0) is 11.2 Å². The van der Waals surface area contributed by atoms with E-state index in [2.05, 4.69) is 56.4 Å². The van der Waals surface area contributed by atoms with Gasteiger partial charge in [0.2, 0.25) is 0 Å². The Morgan fingerprint density at radius 3 is 2.57 bits per heavy atom. The first-order valence-electron chi connectivity index (χ1n) is 8.83. The van der Waals surface area contributed by atoms with Gasteiger partial charge >= 0.3 is 0 Å². The van der Waals surface area contributed by atoms with Crippen LogP contribution in [0.2, 0.25) is 0 Å². The normalized spacial score (nSPS) is 19.6. The van der Waals surface area contributed by atoms with Gasteiger partial charge in [0.15, 0.2) is 0 Å². The largest absolute Gasteiger partial charge is 0.319 e. The van der Waals surface area contributed by atoms with Crippen LogP contribution in [0.5, 0.6) is 0 Å². The van der Waals surface area contributed by atoms with E-state index >= 15 is 0 Å². The second kappa shape index (κ2) is 8.30. The van der Waals surface area contributed by atoms with Crippen LogP contribution in [0.3, 0.4) is 0 Å². The molecule has 2 rings (SSSR count). The number of benzene rings is 1. The lowest BCUT2D eigenvalue weighted by atomic mass is 10.1. The predicted molar refractivity (Wildman–Crippen MR) is 96.1 cm³/mol. The molecule has 0 saturated heterocycles. The van der Waals surface area contributed by atoms with Crippen molar-refractivity contribution in [2.45, 2.75) is 65.6 Å². The highest BCUT2D eigenvalue weighted by molar-refractivity contribution is 5.96. The maximum Gasteiger partial charge on any atom is 0.251 e. The molecular weight excluding hydrogens is 284 g/mol. The van der Waals surface area contributed by atoms with Crippen molar-refractivity contribution in [2.24, 2.45) is 0 Å². The van der Waals surface area contributed by atoms with Crippen molar-refractivity contribution < 1.29 is 4.79 Å². The summed E-state index contributed by atoms with van der Waals surface area (Å²) in [4.78, 5) is 14.4. The lowest BCUT2D eigenvalue weighted by Gasteiger charge is -2.30. The molecule has 0 bridgehead atoms. The van der Waals surface area contributed by atoms with Crippen LogP contribution in [-0.4, -0.2) is 29.6 Å². The van der Waals surface area contributed by atoms with Gasteiger partial charge in [-0.1, -0.05) is 43.7 Å². The maximum absolute atomic E-state index is 12.4. The highest BCUT2D eigenvalue weighted by Gasteiger charge is 2.34. The van der Waals surface area contributed by atoms with Crippen LogP contribution in [0, 0.1) is 0 Å². The van der Waals surface area contributed by atoms with Crippen LogP contribution in [0.25, 0.3) is 0 Å². The smallest absolute Gasteiger partial charge is 0.251 e. The minimum atomic E-state index is 0.0693. The van der Waals surface area contributed by atoms with Gasteiger partial charge in [-0.05, 0) is 51.2 Å². The number of nitrogens with zero attached hydrogens (tertiary/aromatic N) is 1. The van der Waals surface area contributed by atoms with Gasteiger partial charge in [0.25, 0.3) is 5.91 Å². The highest BCUT2D eigenvalue weighted by atomic mass is 16.2. The number of nitrogens with one attached hydrogen (secondary N) is 1. The summed E-state index contributed by atoms with van der Waals surface area (Å²) in [6.07, 6.45) is 4.37. The third-order valence-corrected chi connectivity index (χ3v) is 4.80. The van der Waals surface area contributed by atoms with Gasteiger partial charge in [0.1, 0.15) is 6.17 Å². The molecule has 1 aliphatic heterocycles. The van der Waals surface area contributed by atoms with E-state index in [1.165, 1.54) is 11.1 Å². The molecule has 0 fully saturated rings. The van der Waals surface area contributed by atoms with Crippen molar-refractivity contribution >= 4 is 5.91 Å². The van der Waals surface area contributed by atoms with Crippen LogP contribution in [0.15, 0.2) is 41.5 Å². The zero-order valence-electron chi connectivity index (χ0n) is 14.9. The fourth-order valence-electron chi connectivity index (χ4n) is 3.09. The first kappa shape index (κ1) is 17.7. The zero-order valence-corrected chi connectivity index (χ0v) is 14.9. The van der Waals surface area contributed by atoms with Crippen LogP contribution >= 0.6 is 0 Å². The minimum absolute atomic E-state index is 0.0693. The Hall–Kier alpha value is -1.61. The Kier molecular flexibility index (Phi) is 6.40. The van der Waals surface area contributed by atoms with Gasteiger partial charge in [-0.25, -0.2) is 0 Å². The van der Waals surface area contributed by atoms with E-state index in [1.54, 1.807) is 0 Å². The molecule has 1 amide bonds. The fourth-order valence-corrected chi connectivity index (χ4v) is 3.09. The number of amides is 1. The second-order valence-electron chi connectivity index (χ2n) is 6.65. The molecule has 1 aromatic carbocycles. The van der Waals surface area contributed by atoms with E-state index in [-0.39, 0.29) is 12.1 Å². The lowest BCUT2D eigenvalue weighted by Crippen LogP contribution is -2.48. The molecule has 3 heteroatoms. The summed E-state index contributed by atoms with van der Waals surface area (Å²) in [5.74, 6) is 0.198. The average Bonchev–Trinajstić information content (AvgIpc) is 2.76. The SMILES string of the molecule is CCCCN1C(=O)C(C)=C(C)[C@@H]1N[C@@H](C)CCc1ccccc1. The average molecular weight is 314 g/mol. The first-order chi connectivity index (χ1) is 11.0. The molecule has 126 valence electrons. The summed E-state index contributed by atoms with van der Waals surface area (Å²) >= 11 is 0.